The largest absolute Gasteiger partial charge is 0.367 e. The molecule has 7 nitrogen and oxygen atoms in total. The molecule has 0 aliphatic carbocycles. The second kappa shape index (κ2) is 9.95. The average molecular weight is 482 g/mol. The van der Waals surface area contributed by atoms with Gasteiger partial charge in [0.05, 0.1) is 16.8 Å². The SMILES string of the molecule is CC(C)c1cnc(-c2ccc(F)cc2)nc1Nc1ccnc2[nH]cc(N3CCN[C@@H](C)C3)c12.Cl. The van der Waals surface area contributed by atoms with Gasteiger partial charge in [0.1, 0.15) is 17.3 Å². The van der Waals surface area contributed by atoms with Gasteiger partial charge in [-0.2, -0.15) is 0 Å². The van der Waals surface area contributed by atoms with E-state index in [-0.39, 0.29) is 24.1 Å². The Kier molecular flexibility index (Phi) is 7.00. The second-order valence-electron chi connectivity index (χ2n) is 8.84. The van der Waals surface area contributed by atoms with Crippen molar-refractivity contribution >= 4 is 40.6 Å². The van der Waals surface area contributed by atoms with Gasteiger partial charge in [-0.1, -0.05) is 13.8 Å². The lowest BCUT2D eigenvalue weighted by Gasteiger charge is -2.33. The first-order valence-corrected chi connectivity index (χ1v) is 11.3. The third kappa shape index (κ3) is 4.69. The predicted octanol–water partition coefficient (Wildman–Crippen LogP) is 5.25. The summed E-state index contributed by atoms with van der Waals surface area (Å²) in [6.07, 6.45) is 5.68. The molecule has 1 aliphatic rings. The van der Waals surface area contributed by atoms with E-state index >= 15 is 0 Å². The highest BCUT2D eigenvalue weighted by atomic mass is 35.5. The van der Waals surface area contributed by atoms with E-state index in [0.717, 1.165) is 59.0 Å². The Morgan fingerprint density at radius 3 is 2.68 bits per heavy atom. The van der Waals surface area contributed by atoms with Crippen molar-refractivity contribution in [2.45, 2.75) is 32.7 Å². The van der Waals surface area contributed by atoms with Gasteiger partial charge < -0.3 is 20.5 Å². The average Bonchev–Trinajstić information content (AvgIpc) is 3.25. The lowest BCUT2D eigenvalue weighted by Crippen LogP contribution is -2.49. The van der Waals surface area contributed by atoms with Gasteiger partial charge in [0.2, 0.25) is 0 Å². The van der Waals surface area contributed by atoms with E-state index < -0.39 is 0 Å². The molecule has 1 atom stereocenters. The van der Waals surface area contributed by atoms with Gasteiger partial charge in [0.25, 0.3) is 0 Å². The van der Waals surface area contributed by atoms with Gasteiger partial charge in [0, 0.05) is 55.4 Å². The van der Waals surface area contributed by atoms with Crippen LogP contribution >= 0.6 is 12.4 Å². The van der Waals surface area contributed by atoms with Gasteiger partial charge in [-0.15, -0.1) is 12.4 Å². The molecule has 3 aromatic heterocycles. The number of anilines is 3. The molecule has 0 spiro atoms. The molecule has 1 saturated heterocycles. The van der Waals surface area contributed by atoms with Gasteiger partial charge >= 0.3 is 0 Å². The Bertz CT molecular complexity index is 1270. The van der Waals surface area contributed by atoms with Crippen LogP contribution in [0.2, 0.25) is 0 Å². The summed E-state index contributed by atoms with van der Waals surface area (Å²) < 4.78 is 13.4. The minimum Gasteiger partial charge on any atom is -0.367 e. The molecule has 1 fully saturated rings. The summed E-state index contributed by atoms with van der Waals surface area (Å²) in [6, 6.07) is 8.65. The minimum absolute atomic E-state index is 0. The van der Waals surface area contributed by atoms with E-state index in [0.29, 0.717) is 11.9 Å². The van der Waals surface area contributed by atoms with Crippen molar-refractivity contribution in [3.05, 3.63) is 60.3 Å². The van der Waals surface area contributed by atoms with Crippen LogP contribution in [-0.2, 0) is 0 Å². The maximum atomic E-state index is 13.4. The topological polar surface area (TPSA) is 81.8 Å². The number of hydrogen-bond donors (Lipinski definition) is 3. The molecule has 0 amide bonds. The van der Waals surface area contributed by atoms with E-state index in [1.807, 2.05) is 18.5 Å². The number of pyridine rings is 1. The van der Waals surface area contributed by atoms with E-state index in [1.165, 1.54) is 12.1 Å². The van der Waals surface area contributed by atoms with E-state index in [9.17, 15) is 4.39 Å². The Hall–Kier alpha value is -3.23. The Balaban J connectivity index is 0.00000274. The van der Waals surface area contributed by atoms with Gasteiger partial charge in [-0.25, -0.2) is 19.3 Å². The number of fused-ring (bicyclic) bond motifs is 1. The van der Waals surface area contributed by atoms with Crippen molar-refractivity contribution in [2.75, 3.05) is 29.9 Å². The quantitative estimate of drug-likeness (QED) is 0.361. The fourth-order valence-electron chi connectivity index (χ4n) is 4.32. The third-order valence-corrected chi connectivity index (χ3v) is 6.06. The fourth-order valence-corrected chi connectivity index (χ4v) is 4.32. The zero-order chi connectivity index (χ0) is 22.9. The molecular formula is C25H29ClFN7. The summed E-state index contributed by atoms with van der Waals surface area (Å²) in [5.74, 6) is 1.24. The first-order valence-electron chi connectivity index (χ1n) is 11.3. The lowest BCUT2D eigenvalue weighted by atomic mass is 10.1. The van der Waals surface area contributed by atoms with E-state index in [4.69, 9.17) is 4.98 Å². The molecule has 3 N–H and O–H groups in total. The summed E-state index contributed by atoms with van der Waals surface area (Å²) in [7, 11) is 0. The summed E-state index contributed by atoms with van der Waals surface area (Å²) in [6.45, 7) is 9.25. The number of nitrogens with one attached hydrogen (secondary N) is 3. The second-order valence-corrected chi connectivity index (χ2v) is 8.84. The van der Waals surface area contributed by atoms with Crippen LogP contribution in [-0.4, -0.2) is 45.6 Å². The van der Waals surface area contributed by atoms with Crippen molar-refractivity contribution in [3.63, 3.8) is 0 Å². The monoisotopic (exact) mass is 481 g/mol. The van der Waals surface area contributed by atoms with Crippen molar-refractivity contribution in [3.8, 4) is 11.4 Å². The first-order chi connectivity index (χ1) is 16.0. The Morgan fingerprint density at radius 2 is 1.94 bits per heavy atom. The van der Waals surface area contributed by atoms with Crippen LogP contribution in [0.1, 0.15) is 32.3 Å². The highest BCUT2D eigenvalue weighted by molar-refractivity contribution is 6.01. The van der Waals surface area contributed by atoms with Crippen LogP contribution in [0, 0.1) is 5.82 Å². The van der Waals surface area contributed by atoms with Crippen LogP contribution in [0.15, 0.2) is 48.9 Å². The van der Waals surface area contributed by atoms with Crippen molar-refractivity contribution in [1.29, 1.82) is 0 Å². The van der Waals surface area contributed by atoms with Crippen LogP contribution in [0.25, 0.3) is 22.4 Å². The van der Waals surface area contributed by atoms with Crippen LogP contribution in [0.4, 0.5) is 21.6 Å². The predicted molar refractivity (Wildman–Crippen MR) is 138 cm³/mol. The minimum atomic E-state index is -0.280. The normalized spacial score (nSPS) is 16.0. The first kappa shape index (κ1) is 23.9. The van der Waals surface area contributed by atoms with Crippen molar-refractivity contribution in [2.24, 2.45) is 0 Å². The number of H-pyrrole nitrogens is 1. The Morgan fingerprint density at radius 1 is 1.15 bits per heavy atom. The molecule has 4 aromatic rings. The molecule has 0 bridgehead atoms. The molecular weight excluding hydrogens is 453 g/mol. The number of hydrogen-bond acceptors (Lipinski definition) is 6. The molecule has 34 heavy (non-hydrogen) atoms. The Labute approximate surface area is 204 Å². The number of halogens is 2. The summed E-state index contributed by atoms with van der Waals surface area (Å²) in [5.41, 5.74) is 4.69. The number of piperazine rings is 1. The fraction of sp³-hybridized carbons (Fsp3) is 0.320. The van der Waals surface area contributed by atoms with Crippen LogP contribution < -0.4 is 15.5 Å². The summed E-state index contributed by atoms with van der Waals surface area (Å²) >= 11 is 0. The molecule has 1 aromatic carbocycles. The number of rotatable bonds is 5. The standard InChI is InChI=1S/C25H28FN7.ClH/c1-15(2)19-12-29-23(17-4-6-18(26)7-5-17)32-24(19)31-20-8-9-28-25-22(20)21(13-30-25)33-11-10-27-16(3)14-33;/h4-9,12-13,15-16,27H,10-11,14H2,1-3H3,(H2,28,29,30,31,32);1H/t16-;/m0./s1. The van der Waals surface area contributed by atoms with E-state index in [2.05, 4.69) is 51.3 Å². The summed E-state index contributed by atoms with van der Waals surface area (Å²) in [4.78, 5) is 19.6. The van der Waals surface area contributed by atoms with Crippen LogP contribution in [0.3, 0.4) is 0 Å². The molecule has 4 heterocycles. The number of nitrogens with zero attached hydrogens (tertiary/aromatic N) is 4. The van der Waals surface area contributed by atoms with Crippen LogP contribution in [0.5, 0.6) is 0 Å². The molecule has 1 aliphatic heterocycles. The molecule has 0 radical (unpaired) electrons. The molecule has 0 saturated carbocycles. The maximum absolute atomic E-state index is 13.4. The smallest absolute Gasteiger partial charge is 0.161 e. The molecule has 9 heteroatoms. The molecule has 0 unspecified atom stereocenters. The van der Waals surface area contributed by atoms with Gasteiger partial charge in [-0.05, 0) is 43.2 Å². The highest BCUT2D eigenvalue weighted by Crippen LogP contribution is 2.35. The lowest BCUT2D eigenvalue weighted by molar-refractivity contribution is 0.485. The summed E-state index contributed by atoms with van der Waals surface area (Å²) in [5, 5.41) is 8.11. The van der Waals surface area contributed by atoms with Crippen molar-refractivity contribution < 1.29 is 4.39 Å². The zero-order valence-electron chi connectivity index (χ0n) is 19.5. The van der Waals surface area contributed by atoms with Crippen molar-refractivity contribution in [1.82, 2.24) is 25.3 Å². The zero-order valence-corrected chi connectivity index (χ0v) is 20.3. The van der Waals surface area contributed by atoms with Gasteiger partial charge in [0.15, 0.2) is 5.82 Å². The molecule has 5 rings (SSSR count). The number of aromatic amines is 1. The highest BCUT2D eigenvalue weighted by Gasteiger charge is 2.21. The van der Waals surface area contributed by atoms with Gasteiger partial charge in [-0.3, -0.25) is 0 Å². The van der Waals surface area contributed by atoms with E-state index in [1.54, 1.807) is 18.3 Å². The molecule has 178 valence electrons. The third-order valence-electron chi connectivity index (χ3n) is 6.06. The number of benzene rings is 1. The maximum Gasteiger partial charge on any atom is 0.161 e. The number of aromatic nitrogens is 4.